The van der Waals surface area contributed by atoms with Crippen molar-refractivity contribution in [2.45, 2.75) is 37.6 Å². The molecule has 0 aliphatic carbocycles. The maximum Gasteiger partial charge on any atom is 0.325 e. The first-order chi connectivity index (χ1) is 16.0. The molecule has 0 bridgehead atoms. The van der Waals surface area contributed by atoms with Crippen molar-refractivity contribution in [2.75, 3.05) is 46.1 Å². The van der Waals surface area contributed by atoms with E-state index in [1.807, 2.05) is 0 Å². The Bertz CT molecular complexity index is 1040. The SMILES string of the molecule is COc1ccc(Cl)cc1C(=O)CCCCN1CCC2(CC1)NC(=O)N(CCNS(C)(=O)=O)C2=O. The van der Waals surface area contributed by atoms with Crippen molar-refractivity contribution < 1.29 is 27.5 Å². The molecule has 1 aromatic rings. The lowest BCUT2D eigenvalue weighted by Crippen LogP contribution is -2.55. The largest absolute Gasteiger partial charge is 0.496 e. The first kappa shape index (κ1) is 26.4. The summed E-state index contributed by atoms with van der Waals surface area (Å²) in [6.45, 7) is 2.07. The number of unbranched alkanes of at least 4 members (excludes halogenated alkanes) is 1. The minimum atomic E-state index is -3.39. The number of imide groups is 1. The zero-order valence-electron chi connectivity index (χ0n) is 19.4. The third-order valence-electron chi connectivity index (χ3n) is 6.25. The number of sulfonamides is 1. The summed E-state index contributed by atoms with van der Waals surface area (Å²) in [6, 6.07) is 4.51. The van der Waals surface area contributed by atoms with Gasteiger partial charge in [-0.05, 0) is 50.4 Å². The van der Waals surface area contributed by atoms with Crippen LogP contribution in [0.5, 0.6) is 5.75 Å². The summed E-state index contributed by atoms with van der Waals surface area (Å²) in [5.41, 5.74) is -0.431. The molecule has 10 nitrogen and oxygen atoms in total. The number of piperidine rings is 1. The number of methoxy groups -OCH3 is 1. The van der Waals surface area contributed by atoms with E-state index in [0.29, 0.717) is 55.1 Å². The molecule has 0 saturated carbocycles. The molecule has 2 saturated heterocycles. The van der Waals surface area contributed by atoms with Crippen LogP contribution in [0.1, 0.15) is 42.5 Å². The Labute approximate surface area is 205 Å². The van der Waals surface area contributed by atoms with Crippen LogP contribution < -0.4 is 14.8 Å². The van der Waals surface area contributed by atoms with E-state index in [0.717, 1.165) is 24.1 Å². The number of nitrogens with zero attached hydrogens (tertiary/aromatic N) is 2. The lowest BCUT2D eigenvalue weighted by atomic mass is 9.87. The molecule has 0 atom stereocenters. The van der Waals surface area contributed by atoms with E-state index in [1.165, 1.54) is 7.11 Å². The number of urea groups is 1. The molecular formula is C22H31ClN4O6S. The number of carbonyl (C=O) groups is 3. The summed E-state index contributed by atoms with van der Waals surface area (Å²) in [4.78, 5) is 41.1. The molecular weight excluding hydrogens is 484 g/mol. The molecule has 1 aromatic carbocycles. The normalized spacial score (nSPS) is 18.4. The van der Waals surface area contributed by atoms with E-state index in [1.54, 1.807) is 18.2 Å². The van der Waals surface area contributed by atoms with Crippen LogP contribution in [0, 0.1) is 0 Å². The van der Waals surface area contributed by atoms with E-state index < -0.39 is 21.6 Å². The predicted molar refractivity (Wildman–Crippen MR) is 128 cm³/mol. The standard InChI is InChI=1S/C22H31ClN4O6S/c1-33-19-7-6-16(23)15-17(19)18(28)5-3-4-11-26-12-8-22(9-13-26)20(29)27(21(30)25-22)14-10-24-34(2,31)32/h6-7,15,24H,3-5,8-14H2,1-2H3,(H,25,30). The highest BCUT2D eigenvalue weighted by Gasteiger charge is 2.51. The van der Waals surface area contributed by atoms with Gasteiger partial charge < -0.3 is 15.0 Å². The second-order valence-electron chi connectivity index (χ2n) is 8.70. The Morgan fingerprint density at radius 1 is 1.21 bits per heavy atom. The molecule has 2 aliphatic rings. The van der Waals surface area contributed by atoms with Crippen LogP contribution in [0.4, 0.5) is 4.79 Å². The number of ether oxygens (including phenoxy) is 1. The van der Waals surface area contributed by atoms with Crippen LogP contribution in [0.15, 0.2) is 18.2 Å². The fourth-order valence-corrected chi connectivity index (χ4v) is 5.01. The van der Waals surface area contributed by atoms with Gasteiger partial charge in [0.15, 0.2) is 5.78 Å². The number of hydrogen-bond donors (Lipinski definition) is 2. The molecule has 2 aliphatic heterocycles. The van der Waals surface area contributed by atoms with E-state index in [9.17, 15) is 22.8 Å². The maximum absolute atomic E-state index is 12.9. The lowest BCUT2D eigenvalue weighted by Gasteiger charge is -2.37. The van der Waals surface area contributed by atoms with E-state index >= 15 is 0 Å². The van der Waals surface area contributed by atoms with Crippen LogP contribution in [0.25, 0.3) is 0 Å². The minimum Gasteiger partial charge on any atom is -0.496 e. The first-order valence-electron chi connectivity index (χ1n) is 11.2. The average molecular weight is 515 g/mol. The fraction of sp³-hybridized carbons (Fsp3) is 0.591. The number of ketones is 1. The van der Waals surface area contributed by atoms with E-state index in [-0.39, 0.29) is 24.8 Å². The Morgan fingerprint density at radius 3 is 2.56 bits per heavy atom. The summed E-state index contributed by atoms with van der Waals surface area (Å²) >= 11 is 6.01. The van der Waals surface area contributed by atoms with Gasteiger partial charge in [-0.2, -0.15) is 0 Å². The van der Waals surface area contributed by atoms with Crippen molar-refractivity contribution in [3.05, 3.63) is 28.8 Å². The molecule has 2 N–H and O–H groups in total. The molecule has 2 fully saturated rings. The molecule has 1 spiro atoms. The van der Waals surface area contributed by atoms with Gasteiger partial charge in [0.1, 0.15) is 11.3 Å². The summed E-state index contributed by atoms with van der Waals surface area (Å²) in [6.07, 6.45) is 3.94. The van der Waals surface area contributed by atoms with Gasteiger partial charge in [-0.15, -0.1) is 0 Å². The van der Waals surface area contributed by atoms with Gasteiger partial charge in [0.25, 0.3) is 5.91 Å². The van der Waals surface area contributed by atoms with Gasteiger partial charge in [0.05, 0.1) is 18.9 Å². The zero-order chi connectivity index (χ0) is 24.9. The van der Waals surface area contributed by atoms with Crippen molar-refractivity contribution in [1.82, 2.24) is 19.8 Å². The Morgan fingerprint density at radius 2 is 1.91 bits per heavy atom. The quantitative estimate of drug-likeness (QED) is 0.261. The average Bonchev–Trinajstić information content (AvgIpc) is 3.01. The number of rotatable bonds is 11. The Kier molecular flexibility index (Phi) is 8.56. The zero-order valence-corrected chi connectivity index (χ0v) is 21.0. The number of benzene rings is 1. The second-order valence-corrected chi connectivity index (χ2v) is 11.0. The fourth-order valence-electron chi connectivity index (χ4n) is 4.37. The monoisotopic (exact) mass is 514 g/mol. The molecule has 2 heterocycles. The van der Waals surface area contributed by atoms with Gasteiger partial charge in [0, 0.05) is 37.6 Å². The Balaban J connectivity index is 1.42. The molecule has 0 aromatic heterocycles. The van der Waals surface area contributed by atoms with Crippen LogP contribution in [-0.2, 0) is 14.8 Å². The highest BCUT2D eigenvalue weighted by atomic mass is 35.5. The number of Topliss-reactive ketones (excluding diaryl/α,β-unsaturated/α-hetero) is 1. The number of nitrogens with one attached hydrogen (secondary N) is 2. The molecule has 0 radical (unpaired) electrons. The van der Waals surface area contributed by atoms with Gasteiger partial charge in [-0.25, -0.2) is 17.9 Å². The van der Waals surface area contributed by atoms with Crippen molar-refractivity contribution in [3.63, 3.8) is 0 Å². The summed E-state index contributed by atoms with van der Waals surface area (Å²) in [5.74, 6) is 0.204. The molecule has 12 heteroatoms. The number of hydrogen-bond acceptors (Lipinski definition) is 7. The minimum absolute atomic E-state index is 0.00532. The lowest BCUT2D eigenvalue weighted by molar-refractivity contribution is -0.132. The highest BCUT2D eigenvalue weighted by molar-refractivity contribution is 7.88. The first-order valence-corrected chi connectivity index (χ1v) is 13.5. The predicted octanol–water partition coefficient (Wildman–Crippen LogP) is 1.64. The molecule has 34 heavy (non-hydrogen) atoms. The van der Waals surface area contributed by atoms with Gasteiger partial charge >= 0.3 is 6.03 Å². The third kappa shape index (κ3) is 6.47. The van der Waals surface area contributed by atoms with Crippen LogP contribution in [-0.4, -0.2) is 87.6 Å². The summed E-state index contributed by atoms with van der Waals surface area (Å²) < 4.78 is 30.0. The Hall–Kier alpha value is -2.21. The van der Waals surface area contributed by atoms with Crippen molar-refractivity contribution in [2.24, 2.45) is 0 Å². The van der Waals surface area contributed by atoms with E-state index in [4.69, 9.17) is 16.3 Å². The summed E-state index contributed by atoms with van der Waals surface area (Å²) in [5, 5.41) is 3.31. The third-order valence-corrected chi connectivity index (χ3v) is 7.21. The maximum atomic E-state index is 12.9. The highest BCUT2D eigenvalue weighted by Crippen LogP contribution is 2.30. The van der Waals surface area contributed by atoms with Gasteiger partial charge in [-0.3, -0.25) is 14.5 Å². The van der Waals surface area contributed by atoms with Crippen LogP contribution in [0.3, 0.4) is 0 Å². The number of amides is 3. The molecule has 188 valence electrons. The smallest absolute Gasteiger partial charge is 0.325 e. The van der Waals surface area contributed by atoms with Crippen LogP contribution in [0.2, 0.25) is 5.02 Å². The number of likely N-dealkylation sites (tertiary alicyclic amines) is 1. The van der Waals surface area contributed by atoms with Gasteiger partial charge in [0.2, 0.25) is 10.0 Å². The summed E-state index contributed by atoms with van der Waals surface area (Å²) in [7, 11) is -1.87. The van der Waals surface area contributed by atoms with Gasteiger partial charge in [-0.1, -0.05) is 11.6 Å². The van der Waals surface area contributed by atoms with Crippen molar-refractivity contribution in [3.8, 4) is 5.75 Å². The molecule has 3 rings (SSSR count). The topological polar surface area (TPSA) is 125 Å². The second kappa shape index (κ2) is 11.0. The molecule has 0 unspecified atom stereocenters. The van der Waals surface area contributed by atoms with Crippen LogP contribution >= 0.6 is 11.6 Å². The van der Waals surface area contributed by atoms with E-state index in [2.05, 4.69) is 14.9 Å². The number of halogens is 1. The molecule has 3 amide bonds. The van der Waals surface area contributed by atoms with Crippen molar-refractivity contribution in [1.29, 1.82) is 0 Å². The number of carbonyl (C=O) groups excluding carboxylic acids is 3. The van der Waals surface area contributed by atoms with Crippen molar-refractivity contribution >= 4 is 39.3 Å².